The SMILES string of the molecule is C/C=C/COc1cc(C)c(OCCCCCCN(C)CC(Cc2ccccc2)=NOC)c(C)c1. The minimum Gasteiger partial charge on any atom is -0.493 e. The molecular formula is C29H42N2O3. The van der Waals surface area contributed by atoms with Gasteiger partial charge in [0.25, 0.3) is 0 Å². The van der Waals surface area contributed by atoms with Crippen LogP contribution in [0.15, 0.2) is 59.8 Å². The second-order valence-electron chi connectivity index (χ2n) is 8.77. The van der Waals surface area contributed by atoms with Gasteiger partial charge in [0.15, 0.2) is 0 Å². The maximum Gasteiger partial charge on any atom is 0.125 e. The summed E-state index contributed by atoms with van der Waals surface area (Å²) in [6, 6.07) is 14.5. The first-order chi connectivity index (χ1) is 16.5. The number of aryl methyl sites for hydroxylation is 2. The van der Waals surface area contributed by atoms with Gasteiger partial charge in [0.05, 0.1) is 12.3 Å². The van der Waals surface area contributed by atoms with E-state index in [0.717, 1.165) is 60.9 Å². The third-order valence-corrected chi connectivity index (χ3v) is 5.62. The van der Waals surface area contributed by atoms with Crippen molar-refractivity contribution in [3.63, 3.8) is 0 Å². The van der Waals surface area contributed by atoms with Gasteiger partial charge < -0.3 is 19.2 Å². The summed E-state index contributed by atoms with van der Waals surface area (Å²) in [6.45, 7) is 9.37. The van der Waals surface area contributed by atoms with Gasteiger partial charge in [-0.2, -0.15) is 0 Å². The van der Waals surface area contributed by atoms with Crippen LogP contribution in [0.1, 0.15) is 49.3 Å². The van der Waals surface area contributed by atoms with Crippen molar-refractivity contribution in [2.24, 2.45) is 5.16 Å². The molecule has 0 saturated heterocycles. The normalized spacial score (nSPS) is 11.9. The van der Waals surface area contributed by atoms with Crippen LogP contribution in [-0.4, -0.2) is 51.1 Å². The maximum absolute atomic E-state index is 6.10. The number of ether oxygens (including phenoxy) is 2. The Morgan fingerprint density at radius 3 is 2.35 bits per heavy atom. The zero-order valence-electron chi connectivity index (χ0n) is 21.7. The van der Waals surface area contributed by atoms with Crippen LogP contribution in [0.25, 0.3) is 0 Å². The van der Waals surface area contributed by atoms with Gasteiger partial charge in [0.1, 0.15) is 25.2 Å². The molecule has 0 heterocycles. The molecular weight excluding hydrogens is 424 g/mol. The van der Waals surface area contributed by atoms with Gasteiger partial charge >= 0.3 is 0 Å². The average Bonchev–Trinajstić information content (AvgIpc) is 2.81. The first-order valence-corrected chi connectivity index (χ1v) is 12.3. The van der Waals surface area contributed by atoms with Crippen molar-refractivity contribution in [3.8, 4) is 11.5 Å². The predicted octanol–water partition coefficient (Wildman–Crippen LogP) is 6.37. The summed E-state index contributed by atoms with van der Waals surface area (Å²) >= 11 is 0. The highest BCUT2D eigenvalue weighted by Crippen LogP contribution is 2.28. The average molecular weight is 467 g/mol. The Kier molecular flexibility index (Phi) is 12.9. The van der Waals surface area contributed by atoms with Gasteiger partial charge in [-0.1, -0.05) is 60.5 Å². The molecule has 0 aliphatic rings. The number of nitrogens with zero attached hydrogens (tertiary/aromatic N) is 2. The van der Waals surface area contributed by atoms with E-state index >= 15 is 0 Å². The quantitative estimate of drug-likeness (QED) is 0.125. The fourth-order valence-electron chi connectivity index (χ4n) is 3.94. The number of hydrogen-bond acceptors (Lipinski definition) is 5. The Hall–Kier alpha value is -2.79. The monoisotopic (exact) mass is 466 g/mol. The van der Waals surface area contributed by atoms with Crippen molar-refractivity contribution in [1.82, 2.24) is 4.90 Å². The standard InChI is InChI=1S/C29H42N2O3/c1-6-7-18-33-28-20-24(2)29(25(3)21-28)34-19-14-9-8-13-17-31(4)23-27(30-32-5)22-26-15-11-10-12-16-26/h6-7,10-12,15-16,20-21H,8-9,13-14,17-19,22-23H2,1-5H3/b7-6+,30-27?. The van der Waals surface area contributed by atoms with Crippen LogP contribution in [0.3, 0.4) is 0 Å². The molecule has 0 unspecified atom stereocenters. The molecule has 2 rings (SSSR count). The van der Waals surface area contributed by atoms with Gasteiger partial charge in [0, 0.05) is 13.0 Å². The van der Waals surface area contributed by atoms with Crippen LogP contribution >= 0.6 is 0 Å². The van der Waals surface area contributed by atoms with E-state index in [9.17, 15) is 0 Å². The summed E-state index contributed by atoms with van der Waals surface area (Å²) in [5.41, 5.74) is 4.56. The molecule has 0 aliphatic heterocycles. The largest absolute Gasteiger partial charge is 0.493 e. The van der Waals surface area contributed by atoms with E-state index in [1.54, 1.807) is 7.11 Å². The number of benzene rings is 2. The highest BCUT2D eigenvalue weighted by Gasteiger charge is 2.09. The topological polar surface area (TPSA) is 43.3 Å². The van der Waals surface area contributed by atoms with E-state index in [1.165, 1.54) is 24.8 Å². The van der Waals surface area contributed by atoms with Crippen LogP contribution in [0.4, 0.5) is 0 Å². The minimum atomic E-state index is 0.596. The summed E-state index contributed by atoms with van der Waals surface area (Å²) in [6.07, 6.45) is 9.40. The van der Waals surface area contributed by atoms with E-state index in [0.29, 0.717) is 6.61 Å². The molecule has 0 saturated carbocycles. The van der Waals surface area contributed by atoms with E-state index in [-0.39, 0.29) is 0 Å². The van der Waals surface area contributed by atoms with Crippen LogP contribution in [-0.2, 0) is 11.3 Å². The van der Waals surface area contributed by atoms with Crippen molar-refractivity contribution < 1.29 is 14.3 Å². The highest BCUT2D eigenvalue weighted by atomic mass is 16.6. The Morgan fingerprint density at radius 2 is 1.68 bits per heavy atom. The van der Waals surface area contributed by atoms with E-state index < -0.39 is 0 Å². The lowest BCUT2D eigenvalue weighted by Gasteiger charge is -2.18. The summed E-state index contributed by atoms with van der Waals surface area (Å²) in [7, 11) is 3.76. The van der Waals surface area contributed by atoms with Crippen LogP contribution in [0, 0.1) is 13.8 Å². The minimum absolute atomic E-state index is 0.596. The molecule has 186 valence electrons. The molecule has 5 heteroatoms. The van der Waals surface area contributed by atoms with Crippen molar-refractivity contribution >= 4 is 5.71 Å². The molecule has 0 bridgehead atoms. The first-order valence-electron chi connectivity index (χ1n) is 12.3. The maximum atomic E-state index is 6.10. The second-order valence-corrected chi connectivity index (χ2v) is 8.77. The van der Waals surface area contributed by atoms with Gasteiger partial charge in [-0.15, -0.1) is 0 Å². The summed E-state index contributed by atoms with van der Waals surface area (Å²) < 4.78 is 11.9. The molecule has 0 N–H and O–H groups in total. The highest BCUT2D eigenvalue weighted by molar-refractivity contribution is 5.87. The fraction of sp³-hybridized carbons (Fsp3) is 0.483. The Bertz CT molecular complexity index is 870. The predicted molar refractivity (Wildman–Crippen MR) is 142 cm³/mol. The number of rotatable bonds is 16. The number of hydrogen-bond donors (Lipinski definition) is 0. The fourth-order valence-corrected chi connectivity index (χ4v) is 3.94. The molecule has 5 nitrogen and oxygen atoms in total. The molecule has 0 aliphatic carbocycles. The number of unbranched alkanes of at least 4 members (excludes halogenated alkanes) is 3. The Balaban J connectivity index is 1.64. The summed E-state index contributed by atoms with van der Waals surface area (Å²) in [5.74, 6) is 1.88. The van der Waals surface area contributed by atoms with Gasteiger partial charge in [-0.3, -0.25) is 0 Å². The molecule has 0 atom stereocenters. The molecule has 2 aromatic rings. The molecule has 34 heavy (non-hydrogen) atoms. The molecule has 0 fully saturated rings. The first kappa shape index (κ1) is 27.5. The van der Waals surface area contributed by atoms with Crippen LogP contribution in [0.2, 0.25) is 0 Å². The van der Waals surface area contributed by atoms with Gasteiger partial charge in [0.2, 0.25) is 0 Å². The number of allylic oxidation sites excluding steroid dienone is 1. The lowest BCUT2D eigenvalue weighted by Crippen LogP contribution is -2.28. The zero-order valence-corrected chi connectivity index (χ0v) is 21.7. The molecule has 0 amide bonds. The van der Waals surface area contributed by atoms with E-state index in [4.69, 9.17) is 14.3 Å². The van der Waals surface area contributed by atoms with E-state index in [2.05, 4.69) is 67.3 Å². The molecule has 2 aromatic carbocycles. The van der Waals surface area contributed by atoms with Crippen LogP contribution < -0.4 is 9.47 Å². The zero-order chi connectivity index (χ0) is 24.6. The Labute approximate surface area is 206 Å². The molecule has 0 aromatic heterocycles. The third kappa shape index (κ3) is 10.4. The summed E-state index contributed by atoms with van der Waals surface area (Å²) in [5, 5.41) is 4.24. The summed E-state index contributed by atoms with van der Waals surface area (Å²) in [4.78, 5) is 7.39. The van der Waals surface area contributed by atoms with Crippen molar-refractivity contribution in [3.05, 3.63) is 71.3 Å². The number of oxime groups is 1. The van der Waals surface area contributed by atoms with Gasteiger partial charge in [-0.25, -0.2) is 0 Å². The third-order valence-electron chi connectivity index (χ3n) is 5.62. The van der Waals surface area contributed by atoms with Crippen molar-refractivity contribution in [1.29, 1.82) is 0 Å². The van der Waals surface area contributed by atoms with Gasteiger partial charge in [-0.05, 0) is 76.0 Å². The smallest absolute Gasteiger partial charge is 0.125 e. The van der Waals surface area contributed by atoms with E-state index in [1.807, 2.05) is 25.1 Å². The van der Waals surface area contributed by atoms with Crippen LogP contribution in [0.5, 0.6) is 11.5 Å². The Morgan fingerprint density at radius 1 is 0.971 bits per heavy atom. The lowest BCUT2D eigenvalue weighted by atomic mass is 10.1. The molecule has 0 spiro atoms. The molecule has 0 radical (unpaired) electrons. The van der Waals surface area contributed by atoms with Crippen molar-refractivity contribution in [2.75, 3.05) is 40.5 Å². The lowest BCUT2D eigenvalue weighted by molar-refractivity contribution is 0.210. The second kappa shape index (κ2) is 15.9. The van der Waals surface area contributed by atoms with Crippen molar-refractivity contribution in [2.45, 2.75) is 52.9 Å².